The third-order valence-corrected chi connectivity index (χ3v) is 2.95. The number of rotatable bonds is 3. The topological polar surface area (TPSA) is 38.0 Å². The molecular weight excluding hydrogens is 268 g/mol. The fourth-order valence-electron chi connectivity index (χ4n) is 1.56. The molecule has 0 amide bonds. The number of halogens is 1. The van der Waals surface area contributed by atoms with Gasteiger partial charge in [-0.05, 0) is 23.8 Å². The summed E-state index contributed by atoms with van der Waals surface area (Å²) in [6.45, 7) is 0. The Hall–Kier alpha value is -1.13. The van der Waals surface area contributed by atoms with Crippen LogP contribution in [-0.2, 0) is 13.5 Å². The molecule has 2 rings (SSSR count). The van der Waals surface area contributed by atoms with Crippen LogP contribution in [0.15, 0.2) is 41.0 Å². The Balaban J connectivity index is 2.07. The summed E-state index contributed by atoms with van der Waals surface area (Å²) in [5.74, 6) is 0. The summed E-state index contributed by atoms with van der Waals surface area (Å²) < 4.78 is 2.74. The summed E-state index contributed by atoms with van der Waals surface area (Å²) in [5, 5.41) is 14.2. The van der Waals surface area contributed by atoms with Crippen molar-refractivity contribution in [2.24, 2.45) is 7.05 Å². The average molecular weight is 281 g/mol. The van der Waals surface area contributed by atoms with E-state index >= 15 is 0 Å². The largest absolute Gasteiger partial charge is 0.386 e. The van der Waals surface area contributed by atoms with Gasteiger partial charge in [0, 0.05) is 24.1 Å². The Morgan fingerprint density at radius 1 is 1.31 bits per heavy atom. The Morgan fingerprint density at radius 2 is 2.00 bits per heavy atom. The molecule has 16 heavy (non-hydrogen) atoms. The minimum Gasteiger partial charge on any atom is -0.386 e. The van der Waals surface area contributed by atoms with Gasteiger partial charge in [-0.3, -0.25) is 4.68 Å². The first-order chi connectivity index (χ1) is 7.65. The highest BCUT2D eigenvalue weighted by atomic mass is 79.9. The molecule has 0 spiro atoms. The molecule has 1 atom stereocenters. The van der Waals surface area contributed by atoms with Gasteiger partial charge in [0.05, 0.1) is 5.69 Å². The number of nitrogens with zero attached hydrogens (tertiary/aromatic N) is 2. The van der Waals surface area contributed by atoms with Crippen molar-refractivity contribution < 1.29 is 5.11 Å². The lowest BCUT2D eigenvalue weighted by Crippen LogP contribution is -2.03. The van der Waals surface area contributed by atoms with Crippen molar-refractivity contribution in [1.82, 2.24) is 9.78 Å². The molecule has 1 heterocycles. The van der Waals surface area contributed by atoms with E-state index in [4.69, 9.17) is 0 Å². The minimum atomic E-state index is -0.539. The van der Waals surface area contributed by atoms with Crippen LogP contribution in [0.1, 0.15) is 17.4 Å². The summed E-state index contributed by atoms with van der Waals surface area (Å²) in [5.41, 5.74) is 1.81. The van der Waals surface area contributed by atoms with Crippen LogP contribution in [0.5, 0.6) is 0 Å². The van der Waals surface area contributed by atoms with Crippen molar-refractivity contribution >= 4 is 15.9 Å². The molecule has 1 N–H and O–H groups in total. The first-order valence-electron chi connectivity index (χ1n) is 5.07. The van der Waals surface area contributed by atoms with Gasteiger partial charge in [-0.25, -0.2) is 0 Å². The molecule has 3 nitrogen and oxygen atoms in total. The molecule has 0 aliphatic rings. The number of aromatic nitrogens is 2. The van der Waals surface area contributed by atoms with Gasteiger partial charge in [-0.2, -0.15) is 5.10 Å². The number of hydrogen-bond donors (Lipinski definition) is 1. The molecule has 2 aromatic rings. The van der Waals surface area contributed by atoms with Crippen LogP contribution < -0.4 is 0 Å². The number of benzene rings is 1. The highest BCUT2D eigenvalue weighted by Crippen LogP contribution is 2.18. The molecule has 0 aliphatic heterocycles. The second-order valence-corrected chi connectivity index (χ2v) is 4.68. The molecule has 0 bridgehead atoms. The molecule has 0 radical (unpaired) electrons. The lowest BCUT2D eigenvalue weighted by Gasteiger charge is -2.07. The van der Waals surface area contributed by atoms with Crippen molar-refractivity contribution in [2.45, 2.75) is 12.5 Å². The van der Waals surface area contributed by atoms with Crippen LogP contribution in [0.2, 0.25) is 0 Å². The number of aliphatic hydroxyl groups excluding tert-OH is 1. The van der Waals surface area contributed by atoms with Crippen LogP contribution in [0.25, 0.3) is 0 Å². The van der Waals surface area contributed by atoms with Crippen LogP contribution >= 0.6 is 15.9 Å². The lowest BCUT2D eigenvalue weighted by molar-refractivity contribution is 0.173. The van der Waals surface area contributed by atoms with E-state index in [0.29, 0.717) is 12.1 Å². The van der Waals surface area contributed by atoms with Crippen molar-refractivity contribution in [2.75, 3.05) is 0 Å². The maximum absolute atomic E-state index is 9.97. The molecule has 0 saturated carbocycles. The Labute approximate surface area is 103 Å². The van der Waals surface area contributed by atoms with E-state index in [-0.39, 0.29) is 0 Å². The Bertz CT molecular complexity index is 464. The van der Waals surface area contributed by atoms with Crippen LogP contribution in [-0.4, -0.2) is 14.9 Å². The predicted molar refractivity (Wildman–Crippen MR) is 66.0 cm³/mol. The van der Waals surface area contributed by atoms with Gasteiger partial charge in [-0.1, -0.05) is 28.1 Å². The van der Waals surface area contributed by atoms with E-state index in [1.807, 2.05) is 43.6 Å². The predicted octanol–water partition coefficient (Wildman–Crippen LogP) is 2.46. The van der Waals surface area contributed by atoms with Crippen LogP contribution in [0, 0.1) is 0 Å². The quantitative estimate of drug-likeness (QED) is 0.938. The highest BCUT2D eigenvalue weighted by molar-refractivity contribution is 9.10. The maximum Gasteiger partial charge on any atom is 0.102 e. The first-order valence-corrected chi connectivity index (χ1v) is 5.86. The molecule has 0 fully saturated rings. The molecule has 0 aliphatic carbocycles. The van der Waals surface area contributed by atoms with E-state index in [1.54, 1.807) is 4.68 Å². The number of aliphatic hydroxyl groups is 1. The van der Waals surface area contributed by atoms with E-state index in [2.05, 4.69) is 21.0 Å². The van der Waals surface area contributed by atoms with Crippen LogP contribution in [0.3, 0.4) is 0 Å². The lowest BCUT2D eigenvalue weighted by atomic mass is 10.1. The van der Waals surface area contributed by atoms with Crippen molar-refractivity contribution in [3.8, 4) is 0 Å². The van der Waals surface area contributed by atoms with E-state index in [0.717, 1.165) is 10.0 Å². The number of hydrogen-bond acceptors (Lipinski definition) is 2. The molecular formula is C12H13BrN2O. The van der Waals surface area contributed by atoms with Gasteiger partial charge in [0.25, 0.3) is 0 Å². The third kappa shape index (κ3) is 2.71. The van der Waals surface area contributed by atoms with Gasteiger partial charge in [0.1, 0.15) is 6.10 Å². The zero-order chi connectivity index (χ0) is 11.5. The number of aryl methyl sites for hydroxylation is 1. The molecule has 1 unspecified atom stereocenters. The smallest absolute Gasteiger partial charge is 0.102 e. The van der Waals surface area contributed by atoms with Gasteiger partial charge < -0.3 is 5.11 Å². The van der Waals surface area contributed by atoms with Crippen LogP contribution in [0.4, 0.5) is 0 Å². The van der Waals surface area contributed by atoms with Crippen molar-refractivity contribution in [3.63, 3.8) is 0 Å². The zero-order valence-corrected chi connectivity index (χ0v) is 10.6. The standard InChI is InChI=1S/C12H13BrN2O/c1-15-7-6-11(14-15)12(16)8-9-2-4-10(13)5-3-9/h2-7,12,16H,8H2,1H3. The first kappa shape index (κ1) is 11.4. The Kier molecular flexibility index (Phi) is 3.41. The summed E-state index contributed by atoms with van der Waals surface area (Å²) in [4.78, 5) is 0. The normalized spacial score (nSPS) is 12.7. The molecule has 0 saturated heterocycles. The SMILES string of the molecule is Cn1ccc(C(O)Cc2ccc(Br)cc2)n1. The summed E-state index contributed by atoms with van der Waals surface area (Å²) >= 11 is 3.38. The van der Waals surface area contributed by atoms with Gasteiger partial charge in [0.15, 0.2) is 0 Å². The fraction of sp³-hybridized carbons (Fsp3) is 0.250. The maximum atomic E-state index is 9.97. The van der Waals surface area contributed by atoms with Gasteiger partial charge in [-0.15, -0.1) is 0 Å². The van der Waals surface area contributed by atoms with E-state index < -0.39 is 6.10 Å². The fourth-order valence-corrected chi connectivity index (χ4v) is 1.82. The van der Waals surface area contributed by atoms with Gasteiger partial charge >= 0.3 is 0 Å². The summed E-state index contributed by atoms with van der Waals surface area (Å²) in [6, 6.07) is 9.77. The average Bonchev–Trinajstić information content (AvgIpc) is 2.68. The molecule has 84 valence electrons. The summed E-state index contributed by atoms with van der Waals surface area (Å²) in [6.07, 6.45) is 1.88. The van der Waals surface area contributed by atoms with Crippen molar-refractivity contribution in [3.05, 3.63) is 52.3 Å². The molecule has 1 aromatic heterocycles. The monoisotopic (exact) mass is 280 g/mol. The van der Waals surface area contributed by atoms with E-state index in [9.17, 15) is 5.11 Å². The molecule has 1 aromatic carbocycles. The summed E-state index contributed by atoms with van der Waals surface area (Å²) in [7, 11) is 1.84. The Morgan fingerprint density at radius 3 is 2.56 bits per heavy atom. The van der Waals surface area contributed by atoms with Crippen molar-refractivity contribution in [1.29, 1.82) is 0 Å². The van der Waals surface area contributed by atoms with Gasteiger partial charge in [0.2, 0.25) is 0 Å². The zero-order valence-electron chi connectivity index (χ0n) is 8.97. The second kappa shape index (κ2) is 4.80. The highest BCUT2D eigenvalue weighted by Gasteiger charge is 2.10. The van der Waals surface area contributed by atoms with E-state index in [1.165, 1.54) is 0 Å². The third-order valence-electron chi connectivity index (χ3n) is 2.42. The minimum absolute atomic E-state index is 0.539. The molecule has 4 heteroatoms. The second-order valence-electron chi connectivity index (χ2n) is 3.76.